The fourth-order valence-corrected chi connectivity index (χ4v) is 2.71. The highest BCUT2D eigenvalue weighted by atomic mass is 16.7. The van der Waals surface area contributed by atoms with Gasteiger partial charge >= 0.3 is 0 Å². The van der Waals surface area contributed by atoms with Crippen molar-refractivity contribution in [2.24, 2.45) is 0 Å². The van der Waals surface area contributed by atoms with Crippen LogP contribution in [0.15, 0.2) is 49.1 Å². The maximum atomic E-state index is 10.1. The lowest BCUT2D eigenvalue weighted by Crippen LogP contribution is -3.06. The minimum atomic E-state index is 0.210. The first kappa shape index (κ1) is 16.2. The summed E-state index contributed by atoms with van der Waals surface area (Å²) in [5, 5.41) is 10.1. The van der Waals surface area contributed by atoms with E-state index >= 15 is 0 Å². The number of ether oxygens (including phenoxy) is 3. The highest BCUT2D eigenvalue weighted by molar-refractivity contribution is 5.50. The maximum absolute atomic E-state index is 10.1. The van der Waals surface area contributed by atoms with E-state index in [0.29, 0.717) is 24.7 Å². The Morgan fingerprint density at radius 3 is 2.58 bits per heavy atom. The number of aromatic hydroxyl groups is 1. The third-order valence-corrected chi connectivity index (χ3v) is 3.86. The van der Waals surface area contributed by atoms with Crippen LogP contribution in [0.5, 0.6) is 23.0 Å². The number of quaternary nitrogens is 1. The van der Waals surface area contributed by atoms with Crippen LogP contribution >= 0.6 is 0 Å². The maximum Gasteiger partial charge on any atom is 0.231 e. The molecule has 0 amide bonds. The Kier molecular flexibility index (Phi) is 4.91. The summed E-state index contributed by atoms with van der Waals surface area (Å²) in [5.74, 6) is 2.37. The van der Waals surface area contributed by atoms with Gasteiger partial charge in [0, 0.05) is 11.6 Å². The topological polar surface area (TPSA) is 52.4 Å². The third-order valence-electron chi connectivity index (χ3n) is 3.86. The smallest absolute Gasteiger partial charge is 0.231 e. The van der Waals surface area contributed by atoms with E-state index in [1.165, 1.54) is 10.5 Å². The number of phenolic OH excluding ortho intramolecular Hbond substituents is 1. The molecule has 1 unspecified atom stereocenters. The average Bonchev–Trinajstić information content (AvgIpc) is 3.01. The van der Waals surface area contributed by atoms with Crippen molar-refractivity contribution in [3.63, 3.8) is 0 Å². The van der Waals surface area contributed by atoms with E-state index in [1.54, 1.807) is 12.1 Å². The fourth-order valence-electron chi connectivity index (χ4n) is 2.71. The number of rotatable bonds is 7. The van der Waals surface area contributed by atoms with E-state index in [4.69, 9.17) is 14.2 Å². The monoisotopic (exact) mass is 328 g/mol. The average molecular weight is 328 g/mol. The molecule has 1 aliphatic rings. The van der Waals surface area contributed by atoms with E-state index in [-0.39, 0.29) is 12.5 Å². The van der Waals surface area contributed by atoms with Crippen molar-refractivity contribution >= 4 is 0 Å². The van der Waals surface area contributed by atoms with Crippen LogP contribution in [0, 0.1) is 0 Å². The van der Waals surface area contributed by atoms with Gasteiger partial charge in [-0.3, -0.25) is 0 Å². The molecule has 2 aromatic carbocycles. The Labute approximate surface area is 141 Å². The molecule has 126 valence electrons. The van der Waals surface area contributed by atoms with Gasteiger partial charge in [0.25, 0.3) is 0 Å². The van der Waals surface area contributed by atoms with Crippen LogP contribution in [0.3, 0.4) is 0 Å². The predicted molar refractivity (Wildman–Crippen MR) is 90.7 cm³/mol. The SMILES string of the molecule is C=CCOc1ccc(C[NH+](C)Cc2cc3c(cc2O)OCO3)cc1. The third kappa shape index (κ3) is 3.81. The molecule has 1 atom stereocenters. The van der Waals surface area contributed by atoms with E-state index in [9.17, 15) is 5.11 Å². The molecule has 1 heterocycles. The van der Waals surface area contributed by atoms with E-state index < -0.39 is 0 Å². The minimum Gasteiger partial charge on any atom is -0.507 e. The van der Waals surface area contributed by atoms with Crippen LogP contribution in [0.1, 0.15) is 11.1 Å². The second-order valence-corrected chi connectivity index (χ2v) is 5.89. The van der Waals surface area contributed by atoms with Crippen molar-refractivity contribution in [2.75, 3.05) is 20.4 Å². The fraction of sp³-hybridized carbons (Fsp3) is 0.263. The van der Waals surface area contributed by atoms with Gasteiger partial charge in [-0.2, -0.15) is 0 Å². The first-order valence-electron chi connectivity index (χ1n) is 7.91. The van der Waals surface area contributed by atoms with Crippen LogP contribution in [-0.4, -0.2) is 25.6 Å². The van der Waals surface area contributed by atoms with Crippen LogP contribution < -0.4 is 19.1 Å². The number of nitrogens with one attached hydrogen (secondary N) is 1. The lowest BCUT2D eigenvalue weighted by atomic mass is 10.1. The zero-order chi connectivity index (χ0) is 16.9. The molecule has 0 aromatic heterocycles. The molecule has 1 aliphatic heterocycles. The highest BCUT2D eigenvalue weighted by Gasteiger charge is 2.19. The molecule has 0 saturated carbocycles. The van der Waals surface area contributed by atoms with Crippen molar-refractivity contribution in [3.8, 4) is 23.0 Å². The van der Waals surface area contributed by atoms with Gasteiger partial charge in [-0.05, 0) is 30.3 Å². The summed E-state index contributed by atoms with van der Waals surface area (Å²) in [6, 6.07) is 11.5. The largest absolute Gasteiger partial charge is 0.507 e. The Hall–Kier alpha value is -2.66. The van der Waals surface area contributed by atoms with Gasteiger partial charge in [-0.1, -0.05) is 12.7 Å². The summed E-state index contributed by atoms with van der Waals surface area (Å²) in [6.45, 7) is 5.89. The molecular weight excluding hydrogens is 306 g/mol. The summed E-state index contributed by atoms with van der Waals surface area (Å²) in [7, 11) is 2.09. The number of hydrogen-bond donors (Lipinski definition) is 2. The number of fused-ring (bicyclic) bond motifs is 1. The highest BCUT2D eigenvalue weighted by Crippen LogP contribution is 2.37. The zero-order valence-electron chi connectivity index (χ0n) is 13.7. The van der Waals surface area contributed by atoms with Crippen molar-refractivity contribution in [1.29, 1.82) is 0 Å². The molecule has 0 aliphatic carbocycles. The zero-order valence-corrected chi connectivity index (χ0v) is 13.7. The molecule has 0 saturated heterocycles. The van der Waals surface area contributed by atoms with E-state index in [1.807, 2.05) is 18.2 Å². The van der Waals surface area contributed by atoms with Gasteiger partial charge in [0.2, 0.25) is 6.79 Å². The van der Waals surface area contributed by atoms with Gasteiger partial charge in [0.05, 0.1) is 12.6 Å². The molecule has 0 bridgehead atoms. The van der Waals surface area contributed by atoms with Gasteiger partial charge in [0.1, 0.15) is 31.2 Å². The van der Waals surface area contributed by atoms with Crippen molar-refractivity contribution < 1.29 is 24.2 Å². The van der Waals surface area contributed by atoms with E-state index in [0.717, 1.165) is 17.9 Å². The molecule has 5 heteroatoms. The second kappa shape index (κ2) is 7.27. The quantitative estimate of drug-likeness (QED) is 0.762. The number of hydrogen-bond acceptors (Lipinski definition) is 4. The molecule has 2 aromatic rings. The Morgan fingerprint density at radius 1 is 1.17 bits per heavy atom. The van der Waals surface area contributed by atoms with Crippen LogP contribution in [0.2, 0.25) is 0 Å². The van der Waals surface area contributed by atoms with Gasteiger partial charge in [-0.25, -0.2) is 0 Å². The Bertz CT molecular complexity index is 712. The van der Waals surface area contributed by atoms with Crippen molar-refractivity contribution in [1.82, 2.24) is 0 Å². The molecule has 0 spiro atoms. The van der Waals surface area contributed by atoms with Gasteiger partial charge < -0.3 is 24.2 Å². The van der Waals surface area contributed by atoms with Gasteiger partial charge in [-0.15, -0.1) is 0 Å². The summed E-state index contributed by atoms with van der Waals surface area (Å²) >= 11 is 0. The summed E-state index contributed by atoms with van der Waals surface area (Å²) in [6.07, 6.45) is 1.73. The molecular formula is C19H22NO4+. The molecule has 2 N–H and O–H groups in total. The Morgan fingerprint density at radius 2 is 1.88 bits per heavy atom. The number of benzene rings is 2. The normalized spacial score (nSPS) is 13.5. The van der Waals surface area contributed by atoms with Crippen molar-refractivity contribution in [3.05, 3.63) is 60.2 Å². The molecule has 24 heavy (non-hydrogen) atoms. The van der Waals surface area contributed by atoms with Crippen LogP contribution in [-0.2, 0) is 13.1 Å². The van der Waals surface area contributed by atoms with Crippen LogP contribution in [0.25, 0.3) is 0 Å². The first-order chi connectivity index (χ1) is 11.7. The molecule has 3 rings (SSSR count). The molecule has 0 radical (unpaired) electrons. The molecule has 0 fully saturated rings. The van der Waals surface area contributed by atoms with Crippen molar-refractivity contribution in [2.45, 2.75) is 13.1 Å². The summed E-state index contributed by atoms with van der Waals surface area (Å²) in [4.78, 5) is 1.25. The van der Waals surface area contributed by atoms with Gasteiger partial charge in [0.15, 0.2) is 11.5 Å². The lowest BCUT2D eigenvalue weighted by Gasteiger charge is -2.15. The minimum absolute atomic E-state index is 0.210. The Balaban J connectivity index is 1.61. The standard InChI is InChI=1S/C19H21NO4/c1-3-8-22-16-6-4-14(5-7-16)11-20(2)12-15-9-18-19(10-17(15)21)24-13-23-18/h3-7,9-10,21H,1,8,11-13H2,2H3/p+1. The predicted octanol–water partition coefficient (Wildman–Crippen LogP) is 1.90. The van der Waals surface area contributed by atoms with E-state index in [2.05, 4.69) is 25.8 Å². The van der Waals surface area contributed by atoms with Crippen LogP contribution in [0.4, 0.5) is 0 Å². The summed E-state index contributed by atoms with van der Waals surface area (Å²) < 4.78 is 16.1. The number of phenols is 1. The summed E-state index contributed by atoms with van der Waals surface area (Å²) in [5.41, 5.74) is 2.06. The lowest BCUT2D eigenvalue weighted by molar-refractivity contribution is -0.907. The second-order valence-electron chi connectivity index (χ2n) is 5.89. The first-order valence-corrected chi connectivity index (χ1v) is 7.91. The molecule has 5 nitrogen and oxygen atoms in total.